The first kappa shape index (κ1) is 28.3. The molecule has 0 aliphatic carbocycles. The van der Waals surface area contributed by atoms with Crippen LogP contribution in [0, 0.1) is 5.92 Å². The predicted molar refractivity (Wildman–Crippen MR) is 144 cm³/mol. The van der Waals surface area contributed by atoms with Crippen molar-refractivity contribution < 1.29 is 19.8 Å². The van der Waals surface area contributed by atoms with Crippen LogP contribution in [0.1, 0.15) is 62.8 Å². The molecule has 0 spiro atoms. The molecule has 1 fully saturated rings. The van der Waals surface area contributed by atoms with Gasteiger partial charge in [-0.2, -0.15) is 4.98 Å². The van der Waals surface area contributed by atoms with Crippen molar-refractivity contribution in [3.63, 3.8) is 0 Å². The van der Waals surface area contributed by atoms with E-state index in [4.69, 9.17) is 15.4 Å². The maximum Gasteiger partial charge on any atom is 0.280 e. The molecule has 2 aromatic rings. The van der Waals surface area contributed by atoms with Crippen LogP contribution in [0.5, 0.6) is 0 Å². The minimum atomic E-state index is -1.54. The van der Waals surface area contributed by atoms with Gasteiger partial charge in [-0.05, 0) is 47.4 Å². The number of alkyl halides is 1. The number of nitrogens with one attached hydrogen (secondary N) is 3. The number of aromatic nitrogens is 4. The Labute approximate surface area is 221 Å². The molecule has 3 N–H and O–H groups in total. The molecule has 1 saturated heterocycles. The molecule has 1 aliphatic rings. The second kappa shape index (κ2) is 13.4. The highest BCUT2D eigenvalue weighted by Gasteiger charge is 2.44. The zero-order chi connectivity index (χ0) is 28.0. The zero-order valence-corrected chi connectivity index (χ0v) is 23.8. The van der Waals surface area contributed by atoms with Crippen LogP contribution < -0.4 is 16.0 Å². The Morgan fingerprint density at radius 2 is 2.08 bits per heavy atom. The second-order valence-electron chi connectivity index (χ2n) is 10.1. The number of aromatic amines is 1. The van der Waals surface area contributed by atoms with Crippen LogP contribution >= 0.6 is 8.45 Å². The normalized spacial score (nSPS) is 23.9. The van der Waals surface area contributed by atoms with E-state index in [1.54, 1.807) is 4.57 Å². The molecule has 0 amide bonds. The smallest absolute Gasteiger partial charge is 0.280 e. The van der Waals surface area contributed by atoms with Crippen LogP contribution in [0.3, 0.4) is 0 Å². The summed E-state index contributed by atoms with van der Waals surface area (Å²) >= 11 is 0. The largest absolute Gasteiger partial charge is 0.373 e. The van der Waals surface area contributed by atoms with E-state index in [1.807, 2.05) is 20.8 Å². The van der Waals surface area contributed by atoms with E-state index in [2.05, 4.69) is 57.7 Å². The molecule has 2 aromatic heterocycles. The SMILES string of the molecule is [2H]CC1OCC(n2cnc3c(=O)[nH]c(NCC(C)C)nc32)C(F)C1OP(NCOCC)N(C(C)C)C(C)C. The number of hydrogen-bond acceptors (Lipinski definition) is 9. The van der Waals surface area contributed by atoms with E-state index in [-0.39, 0.29) is 43.5 Å². The summed E-state index contributed by atoms with van der Waals surface area (Å²) in [5.41, 5.74) is -0.0158. The number of imidazole rings is 1. The van der Waals surface area contributed by atoms with E-state index in [0.717, 1.165) is 0 Å². The molecule has 210 valence electrons. The summed E-state index contributed by atoms with van der Waals surface area (Å²) in [7, 11) is -1.48. The molecule has 0 radical (unpaired) electrons. The maximum absolute atomic E-state index is 16.4. The van der Waals surface area contributed by atoms with Crippen molar-refractivity contribution in [2.75, 3.05) is 31.8 Å². The van der Waals surface area contributed by atoms with E-state index < -0.39 is 38.4 Å². The van der Waals surface area contributed by atoms with Crippen LogP contribution in [0.2, 0.25) is 0 Å². The number of halogens is 1. The lowest BCUT2D eigenvalue weighted by Crippen LogP contribution is -2.50. The number of ether oxygens (including phenoxy) is 2. The maximum atomic E-state index is 16.4. The molecular formula is C24H43FN7O4P. The fourth-order valence-electron chi connectivity index (χ4n) is 4.25. The molecule has 37 heavy (non-hydrogen) atoms. The van der Waals surface area contributed by atoms with Crippen molar-refractivity contribution in [1.29, 1.82) is 0 Å². The first-order valence-electron chi connectivity index (χ1n) is 13.6. The fourth-order valence-corrected chi connectivity index (χ4v) is 6.12. The Bertz CT molecular complexity index is 1060. The van der Waals surface area contributed by atoms with Gasteiger partial charge in [-0.3, -0.25) is 9.78 Å². The molecule has 3 heterocycles. The van der Waals surface area contributed by atoms with Gasteiger partial charge in [-0.25, -0.2) is 19.1 Å². The third-order valence-corrected chi connectivity index (χ3v) is 8.18. The molecule has 0 bridgehead atoms. The highest BCUT2D eigenvalue weighted by Crippen LogP contribution is 2.45. The molecule has 0 aromatic carbocycles. The van der Waals surface area contributed by atoms with Crippen LogP contribution in [0.4, 0.5) is 10.3 Å². The Morgan fingerprint density at radius 1 is 1.35 bits per heavy atom. The van der Waals surface area contributed by atoms with Gasteiger partial charge in [-0.15, -0.1) is 0 Å². The van der Waals surface area contributed by atoms with Gasteiger partial charge in [0.05, 0.1) is 25.1 Å². The molecule has 5 unspecified atom stereocenters. The van der Waals surface area contributed by atoms with Crippen molar-refractivity contribution in [3.8, 4) is 0 Å². The fraction of sp³-hybridized carbons (Fsp3) is 0.792. The summed E-state index contributed by atoms with van der Waals surface area (Å²) in [6.07, 6.45) is -1.90. The Morgan fingerprint density at radius 3 is 2.70 bits per heavy atom. The monoisotopic (exact) mass is 544 g/mol. The topological polar surface area (TPSA) is 119 Å². The third-order valence-electron chi connectivity index (χ3n) is 5.99. The molecule has 3 rings (SSSR count). The Kier molecular flexibility index (Phi) is 10.3. The third kappa shape index (κ3) is 7.25. The van der Waals surface area contributed by atoms with E-state index >= 15 is 4.39 Å². The summed E-state index contributed by atoms with van der Waals surface area (Å²) in [5, 5.41) is 6.40. The van der Waals surface area contributed by atoms with Gasteiger partial charge in [-0.1, -0.05) is 13.8 Å². The minimum absolute atomic E-state index is 0.00163. The van der Waals surface area contributed by atoms with Crippen molar-refractivity contribution >= 4 is 25.6 Å². The number of fused-ring (bicyclic) bond motifs is 1. The first-order valence-corrected chi connectivity index (χ1v) is 14.1. The van der Waals surface area contributed by atoms with Crippen LogP contribution in [-0.4, -0.2) is 81.1 Å². The summed E-state index contributed by atoms with van der Waals surface area (Å²) in [5.74, 6) is 0.639. The quantitative estimate of drug-likeness (QED) is 0.197. The lowest BCUT2D eigenvalue weighted by Gasteiger charge is -2.43. The molecule has 0 saturated carbocycles. The Hall–Kier alpha value is -1.69. The predicted octanol–water partition coefficient (Wildman–Crippen LogP) is 3.80. The summed E-state index contributed by atoms with van der Waals surface area (Å²) < 4.78 is 46.0. The van der Waals surface area contributed by atoms with E-state index in [1.165, 1.54) is 6.33 Å². The second-order valence-corrected chi connectivity index (χ2v) is 11.6. The number of anilines is 1. The van der Waals surface area contributed by atoms with Gasteiger partial charge in [0.1, 0.15) is 12.8 Å². The average Bonchev–Trinajstić information content (AvgIpc) is 3.27. The zero-order valence-electron chi connectivity index (χ0n) is 23.9. The van der Waals surface area contributed by atoms with Crippen LogP contribution in [0.15, 0.2) is 11.1 Å². The molecule has 5 atom stereocenters. The number of rotatable bonds is 13. The number of H-pyrrole nitrogens is 1. The van der Waals surface area contributed by atoms with Gasteiger partial charge in [0.25, 0.3) is 5.56 Å². The lowest BCUT2D eigenvalue weighted by atomic mass is 10.0. The molecule has 1 aliphatic heterocycles. The van der Waals surface area contributed by atoms with Crippen molar-refractivity contribution in [2.45, 2.75) is 91.9 Å². The van der Waals surface area contributed by atoms with E-state index in [0.29, 0.717) is 25.0 Å². The number of hydrogen-bond donors (Lipinski definition) is 3. The highest BCUT2D eigenvalue weighted by atomic mass is 31.2. The van der Waals surface area contributed by atoms with Crippen LogP contribution in [-0.2, 0) is 14.0 Å². The van der Waals surface area contributed by atoms with Crippen LogP contribution in [0.25, 0.3) is 11.2 Å². The molecule has 13 heteroatoms. The molecular weight excluding hydrogens is 500 g/mol. The lowest BCUT2D eigenvalue weighted by molar-refractivity contribution is -0.117. The standard InChI is InChI=1S/C24H43FN7O4P/c1-9-34-13-28-37(32(15(4)5)16(6)7)36-21-17(8)35-11-18(19(21)25)31-12-27-20-22(31)29-24(30-23(20)33)26-10-14(2)3/h12,14-19,21,28H,9-11,13H2,1-8H3,(H2,26,29,30,33)/i8D. The van der Waals surface area contributed by atoms with E-state index in [9.17, 15) is 4.79 Å². The van der Waals surface area contributed by atoms with Crippen molar-refractivity contribution in [3.05, 3.63) is 16.7 Å². The van der Waals surface area contributed by atoms with Gasteiger partial charge < -0.3 is 23.9 Å². The van der Waals surface area contributed by atoms with Crippen molar-refractivity contribution in [2.24, 2.45) is 5.92 Å². The van der Waals surface area contributed by atoms with Gasteiger partial charge in [0, 0.05) is 26.6 Å². The molecule has 11 nitrogen and oxygen atoms in total. The summed E-state index contributed by atoms with van der Waals surface area (Å²) in [4.78, 5) is 24.1. The van der Waals surface area contributed by atoms with Gasteiger partial charge in [0.15, 0.2) is 25.8 Å². The number of nitrogens with zero attached hydrogens (tertiary/aromatic N) is 4. The summed E-state index contributed by atoms with van der Waals surface area (Å²) in [6.45, 7) is 15.5. The van der Waals surface area contributed by atoms with Crippen molar-refractivity contribution in [1.82, 2.24) is 29.3 Å². The van der Waals surface area contributed by atoms with Gasteiger partial charge >= 0.3 is 0 Å². The summed E-state index contributed by atoms with van der Waals surface area (Å²) in [6, 6.07) is -0.600. The average molecular weight is 545 g/mol. The first-order chi connectivity index (χ1) is 18.1. The highest BCUT2D eigenvalue weighted by molar-refractivity contribution is 7.47. The Balaban J connectivity index is 1.93. The minimum Gasteiger partial charge on any atom is -0.373 e. The van der Waals surface area contributed by atoms with Gasteiger partial charge in [0.2, 0.25) is 5.95 Å².